The van der Waals surface area contributed by atoms with Gasteiger partial charge in [-0.1, -0.05) is 33.8 Å². The Morgan fingerprint density at radius 3 is 2.26 bits per heavy atom. The zero-order valence-electron chi connectivity index (χ0n) is 19.8. The van der Waals surface area contributed by atoms with Crippen molar-refractivity contribution in [3.63, 3.8) is 0 Å². The quantitative estimate of drug-likeness (QED) is 0.270. The molecule has 0 saturated carbocycles. The van der Waals surface area contributed by atoms with Crippen molar-refractivity contribution in [3.05, 3.63) is 23.8 Å². The van der Waals surface area contributed by atoms with Crippen molar-refractivity contribution >= 4 is 28.5 Å². The second kappa shape index (κ2) is 11.8. The first-order valence-electron chi connectivity index (χ1n) is 10.8. The third-order valence-corrected chi connectivity index (χ3v) is 7.03. The number of alkyl halides is 3. The highest BCUT2D eigenvalue weighted by Gasteiger charge is 2.49. The lowest BCUT2D eigenvalue weighted by Gasteiger charge is -2.27. The van der Waals surface area contributed by atoms with Crippen molar-refractivity contribution < 1.29 is 40.0 Å². The number of carbonyl (C=O) groups is 1. The summed E-state index contributed by atoms with van der Waals surface area (Å²) in [5.74, 6) is -0.798. The molecule has 1 fully saturated rings. The molecule has 2 unspecified atom stereocenters. The number of hydrogen-bond donors (Lipinski definition) is 1. The molecule has 196 valence electrons. The van der Waals surface area contributed by atoms with Crippen LogP contribution in [0.4, 0.5) is 13.2 Å². The van der Waals surface area contributed by atoms with E-state index >= 15 is 0 Å². The van der Waals surface area contributed by atoms with Crippen LogP contribution < -0.4 is 14.7 Å². The monoisotopic (exact) mass is 531 g/mol. The summed E-state index contributed by atoms with van der Waals surface area (Å²) in [5.41, 5.74) is 1.38. The van der Waals surface area contributed by atoms with Crippen molar-refractivity contribution in [2.45, 2.75) is 64.6 Å². The number of ether oxygens (including phenoxy) is 2. The number of esters is 1. The van der Waals surface area contributed by atoms with E-state index in [1.165, 1.54) is 19.2 Å². The first-order valence-corrected chi connectivity index (χ1v) is 12.2. The molecule has 1 heterocycles. The normalized spacial score (nSPS) is 20.6. The van der Waals surface area contributed by atoms with E-state index in [0.717, 1.165) is 0 Å². The van der Waals surface area contributed by atoms with Gasteiger partial charge in [0.25, 0.3) is 0 Å². The molecule has 1 aliphatic rings. The van der Waals surface area contributed by atoms with Crippen molar-refractivity contribution in [1.29, 1.82) is 0 Å². The number of nitrogens with two attached hydrogens (primary N) is 1. The first kappa shape index (κ1) is 30.3. The summed E-state index contributed by atoms with van der Waals surface area (Å²) >= 11 is 0. The Hall–Kier alpha value is -1.72. The molecule has 0 radical (unpaired) electrons. The van der Waals surface area contributed by atoms with Crippen LogP contribution in [0.1, 0.15) is 46.1 Å². The maximum absolute atomic E-state index is 12.8. The van der Waals surface area contributed by atoms with E-state index in [1.54, 1.807) is 6.07 Å². The zero-order valence-corrected chi connectivity index (χ0v) is 21.4. The highest BCUT2D eigenvalue weighted by Crippen LogP contribution is 2.36. The lowest BCUT2D eigenvalue weighted by molar-refractivity contribution is -0.146. The van der Waals surface area contributed by atoms with Crippen LogP contribution in [0.5, 0.6) is 11.5 Å². The van der Waals surface area contributed by atoms with Crippen LogP contribution in [0.25, 0.3) is 0 Å². The number of hydrogen-bond acceptors (Lipinski definition) is 7. The molecular formula is C22H33ClF3NO6S. The Labute approximate surface area is 205 Å². The fourth-order valence-corrected chi connectivity index (χ4v) is 4.37. The van der Waals surface area contributed by atoms with Gasteiger partial charge >= 0.3 is 21.6 Å². The molecule has 0 bridgehead atoms. The van der Waals surface area contributed by atoms with Crippen molar-refractivity contribution in [2.24, 2.45) is 29.4 Å². The summed E-state index contributed by atoms with van der Waals surface area (Å²) in [7, 11) is -4.64. The SMILES string of the molecule is COc1ccc(C[C@@H](C[C@H](N)C2CC(C(C)C)C(=O)O2)C(C)C)cc1OS(=O)(=O)C(F)(F)F.Cl. The van der Waals surface area contributed by atoms with Gasteiger partial charge in [-0.15, -0.1) is 12.4 Å². The van der Waals surface area contributed by atoms with Gasteiger partial charge in [0.15, 0.2) is 11.5 Å². The van der Waals surface area contributed by atoms with Crippen LogP contribution in [-0.4, -0.2) is 39.2 Å². The van der Waals surface area contributed by atoms with Gasteiger partial charge in [-0.2, -0.15) is 21.6 Å². The molecule has 1 aromatic carbocycles. The van der Waals surface area contributed by atoms with Crippen molar-refractivity contribution in [3.8, 4) is 11.5 Å². The molecule has 0 aromatic heterocycles. The molecule has 1 saturated heterocycles. The van der Waals surface area contributed by atoms with Gasteiger partial charge < -0.3 is 19.4 Å². The molecule has 0 aliphatic carbocycles. The predicted molar refractivity (Wildman–Crippen MR) is 123 cm³/mol. The third-order valence-electron chi connectivity index (χ3n) is 6.07. The van der Waals surface area contributed by atoms with Crippen molar-refractivity contribution in [2.75, 3.05) is 7.11 Å². The van der Waals surface area contributed by atoms with E-state index < -0.39 is 33.5 Å². The molecule has 4 atom stereocenters. The molecular weight excluding hydrogens is 499 g/mol. The van der Waals surface area contributed by atoms with Crippen LogP contribution in [-0.2, 0) is 26.1 Å². The summed E-state index contributed by atoms with van der Waals surface area (Å²) in [5, 5.41) is 0. The summed E-state index contributed by atoms with van der Waals surface area (Å²) < 4.78 is 76.0. The van der Waals surface area contributed by atoms with E-state index in [1.807, 2.05) is 27.7 Å². The second-order valence-corrected chi connectivity index (χ2v) is 10.7. The topological polar surface area (TPSA) is 105 Å². The average Bonchev–Trinajstić information content (AvgIpc) is 3.08. The summed E-state index contributed by atoms with van der Waals surface area (Å²) in [6, 6.07) is 3.83. The van der Waals surface area contributed by atoms with Gasteiger partial charge in [-0.3, -0.25) is 4.79 Å². The molecule has 34 heavy (non-hydrogen) atoms. The largest absolute Gasteiger partial charge is 0.534 e. The third kappa shape index (κ3) is 7.39. The van der Waals surface area contributed by atoms with Crippen LogP contribution >= 0.6 is 12.4 Å². The van der Waals surface area contributed by atoms with Crippen LogP contribution in [0.2, 0.25) is 0 Å². The maximum atomic E-state index is 12.8. The number of carbonyl (C=O) groups excluding carboxylic acids is 1. The molecule has 7 nitrogen and oxygen atoms in total. The van der Waals surface area contributed by atoms with Gasteiger partial charge in [0.1, 0.15) is 6.10 Å². The van der Waals surface area contributed by atoms with Gasteiger partial charge in [0.2, 0.25) is 0 Å². The number of methoxy groups -OCH3 is 1. The Morgan fingerprint density at radius 2 is 1.79 bits per heavy atom. The van der Waals surface area contributed by atoms with Gasteiger partial charge in [0.05, 0.1) is 13.0 Å². The Bertz CT molecular complexity index is 939. The minimum atomic E-state index is -5.84. The standard InChI is InChI=1S/C22H32F3NO6S.ClH/c1-12(2)15(10-17(26)19-11-16(13(3)4)21(27)31-19)8-14-6-7-18(30-5)20(9-14)32-33(28,29)22(23,24)25;/h6-7,9,12-13,15-17,19H,8,10-11,26H2,1-5H3;1H/t15-,16?,17-,19?;/m0./s1. The Morgan fingerprint density at radius 1 is 1.18 bits per heavy atom. The fourth-order valence-electron chi connectivity index (χ4n) is 3.91. The Balaban J connectivity index is 0.00000578. The number of rotatable bonds is 10. The van der Waals surface area contributed by atoms with Crippen molar-refractivity contribution in [1.82, 2.24) is 0 Å². The Kier molecular flexibility index (Phi) is 10.5. The zero-order chi connectivity index (χ0) is 25.1. The first-order chi connectivity index (χ1) is 15.2. The summed E-state index contributed by atoms with van der Waals surface area (Å²) in [6.07, 6.45) is 1.09. The molecule has 12 heteroatoms. The highest BCUT2D eigenvalue weighted by molar-refractivity contribution is 7.88. The van der Waals surface area contributed by atoms with Crippen LogP contribution in [0.3, 0.4) is 0 Å². The van der Waals surface area contributed by atoms with E-state index in [4.69, 9.17) is 15.2 Å². The average molecular weight is 532 g/mol. The van der Waals surface area contributed by atoms with E-state index in [0.29, 0.717) is 24.8 Å². The number of benzene rings is 1. The smallest absolute Gasteiger partial charge is 0.493 e. The maximum Gasteiger partial charge on any atom is 0.534 e. The molecule has 2 N–H and O–H groups in total. The lowest BCUT2D eigenvalue weighted by Crippen LogP contribution is -2.37. The lowest BCUT2D eigenvalue weighted by atomic mass is 9.82. The van der Waals surface area contributed by atoms with Gasteiger partial charge in [-0.25, -0.2) is 0 Å². The minimum absolute atomic E-state index is 0. The number of halogens is 4. The van der Waals surface area contributed by atoms with Crippen LogP contribution in [0.15, 0.2) is 18.2 Å². The fraction of sp³-hybridized carbons (Fsp3) is 0.682. The molecule has 1 aromatic rings. The van der Waals surface area contributed by atoms with Gasteiger partial charge in [0, 0.05) is 6.04 Å². The minimum Gasteiger partial charge on any atom is -0.493 e. The molecule has 2 rings (SSSR count). The van der Waals surface area contributed by atoms with Crippen LogP contribution in [0, 0.1) is 23.7 Å². The number of cyclic esters (lactones) is 1. The highest BCUT2D eigenvalue weighted by atomic mass is 35.5. The van der Waals surface area contributed by atoms with Gasteiger partial charge in [-0.05, 0) is 54.7 Å². The summed E-state index contributed by atoms with van der Waals surface area (Å²) in [4.78, 5) is 12.1. The second-order valence-electron chi connectivity index (χ2n) is 9.14. The van der Waals surface area contributed by atoms with E-state index in [2.05, 4.69) is 4.18 Å². The van der Waals surface area contributed by atoms with E-state index in [-0.39, 0.29) is 47.8 Å². The molecule has 1 aliphatic heterocycles. The predicted octanol–water partition coefficient (Wildman–Crippen LogP) is 4.47. The molecule has 0 spiro atoms. The van der Waals surface area contributed by atoms with E-state index in [9.17, 15) is 26.4 Å². The summed E-state index contributed by atoms with van der Waals surface area (Å²) in [6.45, 7) is 7.90. The molecule has 0 amide bonds.